The van der Waals surface area contributed by atoms with Gasteiger partial charge in [-0.1, -0.05) is 0 Å². The molecule has 0 aliphatic heterocycles. The summed E-state index contributed by atoms with van der Waals surface area (Å²) in [5, 5.41) is 34.9. The summed E-state index contributed by atoms with van der Waals surface area (Å²) in [7, 11) is -7.85. The van der Waals surface area contributed by atoms with Gasteiger partial charge in [-0.2, -0.15) is 0 Å². The zero-order valence-electron chi connectivity index (χ0n) is 17.1. The van der Waals surface area contributed by atoms with Gasteiger partial charge in [-0.05, 0) is 60.7 Å². The third kappa shape index (κ3) is 5.68. The van der Waals surface area contributed by atoms with Crippen LogP contribution in [-0.2, 0) is 20.0 Å². The van der Waals surface area contributed by atoms with Gasteiger partial charge in [0.15, 0.2) is 0 Å². The van der Waals surface area contributed by atoms with E-state index in [1.54, 1.807) is 0 Å². The Morgan fingerprint density at radius 2 is 0.912 bits per heavy atom. The van der Waals surface area contributed by atoms with Crippen LogP contribution in [0.1, 0.15) is 20.7 Å². The lowest BCUT2D eigenvalue weighted by molar-refractivity contribution is 0.0683. The van der Waals surface area contributed by atoms with Crippen molar-refractivity contribution in [3.8, 4) is 0 Å². The number of hydrogen-bond acceptors (Lipinski definition) is 8. The first kappa shape index (κ1) is 24.7. The molecule has 34 heavy (non-hydrogen) atoms. The van der Waals surface area contributed by atoms with E-state index in [-0.39, 0.29) is 43.7 Å². The molecule has 12 nitrogen and oxygen atoms in total. The molecule has 0 amide bonds. The summed E-state index contributed by atoms with van der Waals surface area (Å²) in [6.45, 7) is 0. The minimum atomic E-state index is -3.93. The maximum absolute atomic E-state index is 11.8. The quantitative estimate of drug-likeness (QED) is 0.260. The molecule has 0 saturated heterocycles. The Labute approximate surface area is 193 Å². The summed E-state index contributed by atoms with van der Waals surface area (Å²) in [6, 6.07) is 12.4. The number of carboxylic acids is 2. The third-order valence-electron chi connectivity index (χ3n) is 4.54. The number of nitrogens with one attached hydrogen (secondary N) is 2. The van der Waals surface area contributed by atoms with Crippen LogP contribution < -0.4 is 20.9 Å². The van der Waals surface area contributed by atoms with Crippen molar-refractivity contribution in [2.45, 2.75) is 9.79 Å². The molecule has 0 saturated carbocycles. The summed E-state index contributed by atoms with van der Waals surface area (Å²) in [5.41, 5.74) is -0.142. The van der Waals surface area contributed by atoms with E-state index < -0.39 is 32.0 Å². The normalized spacial score (nSPS) is 11.6. The Bertz CT molecular complexity index is 1370. The van der Waals surface area contributed by atoms with Gasteiger partial charge in [0.05, 0.1) is 32.3 Å². The highest BCUT2D eigenvalue weighted by Gasteiger charge is 2.20. The lowest BCUT2D eigenvalue weighted by Gasteiger charge is -2.16. The van der Waals surface area contributed by atoms with E-state index in [0.717, 1.165) is 12.1 Å². The Morgan fingerprint density at radius 3 is 1.15 bits per heavy atom. The Morgan fingerprint density at radius 1 is 0.618 bits per heavy atom. The smallest absolute Gasteiger partial charge is 0.337 e. The number of carboxylic acid groups (broad SMARTS) is 2. The Balaban J connectivity index is 2.00. The molecule has 0 aliphatic carbocycles. The molecule has 0 aromatic heterocycles. The fourth-order valence-electron chi connectivity index (χ4n) is 2.93. The molecule has 14 heteroatoms. The van der Waals surface area contributed by atoms with E-state index in [1.807, 2.05) is 0 Å². The van der Waals surface area contributed by atoms with Gasteiger partial charge in [0.2, 0.25) is 20.0 Å². The molecule has 0 heterocycles. The summed E-state index contributed by atoms with van der Waals surface area (Å²) >= 11 is 0. The highest BCUT2D eigenvalue weighted by atomic mass is 32.2. The predicted octanol–water partition coefficient (Wildman–Crippen LogP) is 1.86. The van der Waals surface area contributed by atoms with Gasteiger partial charge in [0.25, 0.3) is 0 Å². The minimum Gasteiger partial charge on any atom is -0.478 e. The molecular formula is C20H18N4O8S2. The average Bonchev–Trinajstić information content (AvgIpc) is 2.73. The van der Waals surface area contributed by atoms with Crippen LogP contribution in [0.5, 0.6) is 0 Å². The Hall–Kier alpha value is -3.98. The fourth-order valence-corrected chi connectivity index (χ4v) is 3.96. The van der Waals surface area contributed by atoms with Crippen LogP contribution in [0.3, 0.4) is 0 Å². The van der Waals surface area contributed by atoms with Crippen LogP contribution >= 0.6 is 0 Å². The minimum absolute atomic E-state index is 0.0663. The highest BCUT2D eigenvalue weighted by molar-refractivity contribution is 7.89. The van der Waals surface area contributed by atoms with Crippen LogP contribution in [0.4, 0.5) is 22.7 Å². The van der Waals surface area contributed by atoms with E-state index in [4.69, 9.17) is 10.3 Å². The molecule has 3 aromatic carbocycles. The summed E-state index contributed by atoms with van der Waals surface area (Å²) in [4.78, 5) is 23.4. The largest absolute Gasteiger partial charge is 0.478 e. The van der Waals surface area contributed by atoms with Crippen LogP contribution in [0, 0.1) is 0 Å². The molecular weight excluding hydrogens is 488 g/mol. The average molecular weight is 507 g/mol. The summed E-state index contributed by atoms with van der Waals surface area (Å²) < 4.78 is 45.6. The van der Waals surface area contributed by atoms with Gasteiger partial charge in [-0.3, -0.25) is 0 Å². The lowest BCUT2D eigenvalue weighted by atomic mass is 10.1. The third-order valence-corrected chi connectivity index (χ3v) is 6.40. The zero-order valence-corrected chi connectivity index (χ0v) is 18.7. The maximum Gasteiger partial charge on any atom is 0.337 e. The van der Waals surface area contributed by atoms with Gasteiger partial charge in [-0.25, -0.2) is 36.7 Å². The number of nitrogens with two attached hydrogens (primary N) is 2. The number of carbonyl (C=O) groups is 2. The van der Waals surface area contributed by atoms with Crippen molar-refractivity contribution in [2.75, 3.05) is 10.6 Å². The number of sulfonamides is 2. The van der Waals surface area contributed by atoms with E-state index in [1.165, 1.54) is 48.5 Å². The van der Waals surface area contributed by atoms with Crippen molar-refractivity contribution in [2.24, 2.45) is 10.3 Å². The monoisotopic (exact) mass is 506 g/mol. The molecule has 0 fully saturated rings. The zero-order chi connectivity index (χ0) is 25.3. The SMILES string of the molecule is NS(=O)(=O)c1ccc(Nc2cc(C(=O)O)c(Nc3ccc(S(N)(=O)=O)cc3)cc2C(=O)O)cc1. The molecule has 8 N–H and O–H groups in total. The van der Waals surface area contributed by atoms with Crippen molar-refractivity contribution >= 4 is 54.7 Å². The number of aromatic carboxylic acids is 2. The van der Waals surface area contributed by atoms with Gasteiger partial charge >= 0.3 is 11.9 Å². The number of benzene rings is 3. The van der Waals surface area contributed by atoms with Crippen molar-refractivity contribution in [3.05, 3.63) is 71.8 Å². The van der Waals surface area contributed by atoms with E-state index >= 15 is 0 Å². The molecule has 3 rings (SSSR count). The van der Waals surface area contributed by atoms with Crippen molar-refractivity contribution in [3.63, 3.8) is 0 Å². The van der Waals surface area contributed by atoms with E-state index in [2.05, 4.69) is 10.6 Å². The van der Waals surface area contributed by atoms with E-state index in [9.17, 15) is 36.6 Å². The number of primary sulfonamides is 2. The molecule has 178 valence electrons. The van der Waals surface area contributed by atoms with Gasteiger partial charge < -0.3 is 20.8 Å². The molecule has 3 aromatic rings. The topological polar surface area (TPSA) is 219 Å². The summed E-state index contributed by atoms with van der Waals surface area (Å²) in [5.74, 6) is -2.73. The van der Waals surface area contributed by atoms with Gasteiger partial charge in [-0.15, -0.1) is 0 Å². The first-order chi connectivity index (χ1) is 15.8. The second kappa shape index (κ2) is 9.11. The lowest BCUT2D eigenvalue weighted by Crippen LogP contribution is -2.12. The summed E-state index contributed by atoms with van der Waals surface area (Å²) in [6.07, 6.45) is 0. The first-order valence-electron chi connectivity index (χ1n) is 9.20. The van der Waals surface area contributed by atoms with Crippen LogP contribution in [0.2, 0.25) is 0 Å². The predicted molar refractivity (Wildman–Crippen MR) is 123 cm³/mol. The molecule has 0 unspecified atom stereocenters. The molecule has 0 bridgehead atoms. The molecule has 0 aliphatic rings. The second-order valence-corrected chi connectivity index (χ2v) is 10.1. The van der Waals surface area contributed by atoms with Gasteiger partial charge in [0, 0.05) is 11.4 Å². The van der Waals surface area contributed by atoms with Gasteiger partial charge in [0.1, 0.15) is 0 Å². The number of rotatable bonds is 8. The van der Waals surface area contributed by atoms with Crippen molar-refractivity contribution in [1.29, 1.82) is 0 Å². The first-order valence-corrected chi connectivity index (χ1v) is 12.3. The van der Waals surface area contributed by atoms with Crippen LogP contribution in [-0.4, -0.2) is 39.0 Å². The fraction of sp³-hybridized carbons (Fsp3) is 0. The van der Waals surface area contributed by atoms with Crippen molar-refractivity contribution < 1.29 is 36.6 Å². The van der Waals surface area contributed by atoms with Crippen molar-refractivity contribution in [1.82, 2.24) is 0 Å². The molecule has 0 atom stereocenters. The van der Waals surface area contributed by atoms with Crippen LogP contribution in [0.25, 0.3) is 0 Å². The van der Waals surface area contributed by atoms with E-state index in [0.29, 0.717) is 0 Å². The molecule has 0 spiro atoms. The highest BCUT2D eigenvalue weighted by Crippen LogP contribution is 2.31. The Kier molecular flexibility index (Phi) is 6.60. The number of anilines is 4. The standard InChI is InChI=1S/C20H18N4O8S2/c21-33(29,30)13-5-1-11(2-6-13)23-17-9-16(20(27)28)18(10-15(17)19(25)26)24-12-3-7-14(8-4-12)34(22,31)32/h1-10,23-24H,(H,25,26)(H,27,28)(H2,21,29,30)(H2,22,31,32). The molecule has 0 radical (unpaired) electrons. The second-order valence-electron chi connectivity index (χ2n) is 6.94. The number of hydrogen-bond donors (Lipinski definition) is 6. The van der Waals surface area contributed by atoms with Crippen LogP contribution in [0.15, 0.2) is 70.5 Å². The maximum atomic E-state index is 11.8.